The average molecular weight is 386 g/mol. The van der Waals surface area contributed by atoms with E-state index < -0.39 is 5.60 Å². The summed E-state index contributed by atoms with van der Waals surface area (Å²) in [6.45, 7) is 18.0. The number of guanidine groups is 1. The van der Waals surface area contributed by atoms with E-state index in [0.717, 1.165) is 38.7 Å². The molecule has 27 heavy (non-hydrogen) atoms. The summed E-state index contributed by atoms with van der Waals surface area (Å²) in [7, 11) is 1.70. The Bertz CT molecular complexity index is 480. The second-order valence-corrected chi connectivity index (χ2v) is 8.39. The minimum Gasteiger partial charge on any atom is -0.444 e. The molecule has 1 amide bonds. The summed E-state index contributed by atoms with van der Waals surface area (Å²) < 4.78 is 10.8. The standard InChI is InChI=1S/C19H39N5O3/c1-8-20-16(22-15-19(5,6)26-7)21-9-10-23-11-13-24(14-12-23)17(25)27-18(2,3)4/h8-15H2,1-7H3,(H2,20,21,22). The molecule has 0 aliphatic carbocycles. The van der Waals surface area contributed by atoms with Gasteiger partial charge < -0.3 is 25.0 Å². The van der Waals surface area contributed by atoms with Gasteiger partial charge >= 0.3 is 6.09 Å². The van der Waals surface area contributed by atoms with Crippen LogP contribution in [0, 0.1) is 0 Å². The number of nitrogens with one attached hydrogen (secondary N) is 2. The lowest BCUT2D eigenvalue weighted by atomic mass is 10.1. The third-order valence-electron chi connectivity index (χ3n) is 4.26. The van der Waals surface area contributed by atoms with Gasteiger partial charge in [-0.05, 0) is 41.5 Å². The van der Waals surface area contributed by atoms with E-state index in [0.29, 0.717) is 19.6 Å². The van der Waals surface area contributed by atoms with Crippen molar-refractivity contribution in [2.45, 2.75) is 52.7 Å². The Morgan fingerprint density at radius 1 is 1.07 bits per heavy atom. The Morgan fingerprint density at radius 2 is 1.70 bits per heavy atom. The smallest absolute Gasteiger partial charge is 0.410 e. The van der Waals surface area contributed by atoms with Gasteiger partial charge in [0.05, 0.1) is 12.1 Å². The van der Waals surface area contributed by atoms with Crippen LogP contribution < -0.4 is 10.6 Å². The van der Waals surface area contributed by atoms with Gasteiger partial charge in [0.25, 0.3) is 0 Å². The number of ether oxygens (including phenoxy) is 2. The van der Waals surface area contributed by atoms with Crippen LogP contribution in [0.15, 0.2) is 4.99 Å². The van der Waals surface area contributed by atoms with Crippen LogP contribution in [-0.2, 0) is 9.47 Å². The second-order valence-electron chi connectivity index (χ2n) is 8.39. The predicted molar refractivity (Wildman–Crippen MR) is 109 cm³/mol. The zero-order valence-corrected chi connectivity index (χ0v) is 18.2. The summed E-state index contributed by atoms with van der Waals surface area (Å²) in [4.78, 5) is 20.8. The van der Waals surface area contributed by atoms with Crippen LogP contribution in [0.2, 0.25) is 0 Å². The maximum atomic E-state index is 12.1. The maximum absolute atomic E-state index is 12.1. The zero-order chi connectivity index (χ0) is 20.5. The van der Waals surface area contributed by atoms with Gasteiger partial charge in [0, 0.05) is 52.9 Å². The van der Waals surface area contributed by atoms with E-state index in [2.05, 4.69) is 27.4 Å². The molecule has 1 rings (SSSR count). The number of rotatable bonds is 7. The van der Waals surface area contributed by atoms with Crippen molar-refractivity contribution < 1.29 is 14.3 Å². The van der Waals surface area contributed by atoms with E-state index in [4.69, 9.17) is 9.47 Å². The van der Waals surface area contributed by atoms with E-state index in [1.165, 1.54) is 0 Å². The van der Waals surface area contributed by atoms with Gasteiger partial charge in [-0.2, -0.15) is 0 Å². The molecule has 2 N–H and O–H groups in total. The van der Waals surface area contributed by atoms with Gasteiger partial charge in [-0.1, -0.05) is 0 Å². The molecule has 0 aromatic carbocycles. The summed E-state index contributed by atoms with van der Waals surface area (Å²) >= 11 is 0. The van der Waals surface area contributed by atoms with Crippen LogP contribution in [-0.4, -0.2) is 92.5 Å². The summed E-state index contributed by atoms with van der Waals surface area (Å²) in [6, 6.07) is 0. The number of aliphatic imine (C=N–C) groups is 1. The van der Waals surface area contributed by atoms with Crippen molar-refractivity contribution in [1.82, 2.24) is 20.4 Å². The van der Waals surface area contributed by atoms with Crippen LogP contribution in [0.5, 0.6) is 0 Å². The number of carbonyl (C=O) groups is 1. The summed E-state index contributed by atoms with van der Waals surface area (Å²) in [6.07, 6.45) is -0.220. The number of carbonyl (C=O) groups excluding carboxylic acids is 1. The number of hydrogen-bond acceptors (Lipinski definition) is 5. The van der Waals surface area contributed by atoms with Gasteiger partial charge in [0.1, 0.15) is 5.60 Å². The third kappa shape index (κ3) is 9.81. The van der Waals surface area contributed by atoms with Gasteiger partial charge in [0.2, 0.25) is 0 Å². The molecule has 158 valence electrons. The first-order chi connectivity index (χ1) is 12.6. The average Bonchev–Trinajstić information content (AvgIpc) is 2.59. The molecule has 1 fully saturated rings. The number of piperazine rings is 1. The summed E-state index contributed by atoms with van der Waals surface area (Å²) in [5.74, 6) is 0.801. The lowest BCUT2D eigenvalue weighted by molar-refractivity contribution is 0.0147. The first-order valence-corrected chi connectivity index (χ1v) is 9.84. The lowest BCUT2D eigenvalue weighted by Gasteiger charge is -2.35. The molecular weight excluding hydrogens is 346 g/mol. The minimum absolute atomic E-state index is 0.220. The van der Waals surface area contributed by atoms with Crippen LogP contribution in [0.4, 0.5) is 4.79 Å². The molecule has 0 unspecified atom stereocenters. The van der Waals surface area contributed by atoms with E-state index in [1.54, 1.807) is 12.0 Å². The molecule has 0 bridgehead atoms. The Labute approximate surface area is 164 Å². The molecule has 8 heteroatoms. The first kappa shape index (κ1) is 23.5. The maximum Gasteiger partial charge on any atom is 0.410 e. The van der Waals surface area contributed by atoms with Crippen molar-refractivity contribution >= 4 is 12.1 Å². The van der Waals surface area contributed by atoms with Crippen LogP contribution in [0.3, 0.4) is 0 Å². The third-order valence-corrected chi connectivity index (χ3v) is 4.26. The Balaban J connectivity index is 2.35. The highest BCUT2D eigenvalue weighted by molar-refractivity contribution is 5.79. The molecule has 1 saturated heterocycles. The van der Waals surface area contributed by atoms with Gasteiger partial charge in [0.15, 0.2) is 5.96 Å². The van der Waals surface area contributed by atoms with Gasteiger partial charge in [-0.25, -0.2) is 4.79 Å². The molecular formula is C19H39N5O3. The molecule has 0 spiro atoms. The number of hydrogen-bond donors (Lipinski definition) is 2. The normalized spacial score (nSPS) is 17.0. The second kappa shape index (κ2) is 10.7. The van der Waals surface area contributed by atoms with Crippen molar-refractivity contribution in [2.24, 2.45) is 4.99 Å². The SMILES string of the molecule is CCNC(=NCC(C)(C)OC)NCCN1CCN(C(=O)OC(C)(C)C)CC1. The predicted octanol–water partition coefficient (Wildman–Crippen LogP) is 1.52. The van der Waals surface area contributed by atoms with Crippen molar-refractivity contribution in [3.63, 3.8) is 0 Å². The zero-order valence-electron chi connectivity index (χ0n) is 18.2. The molecule has 8 nitrogen and oxygen atoms in total. The van der Waals surface area contributed by atoms with Crippen molar-refractivity contribution in [1.29, 1.82) is 0 Å². The minimum atomic E-state index is -0.447. The quantitative estimate of drug-likeness (QED) is 0.511. The highest BCUT2D eigenvalue weighted by Crippen LogP contribution is 2.11. The number of amides is 1. The highest BCUT2D eigenvalue weighted by atomic mass is 16.6. The summed E-state index contributed by atoms with van der Waals surface area (Å²) in [5.41, 5.74) is -0.724. The number of methoxy groups -OCH3 is 1. The van der Waals surface area contributed by atoms with Gasteiger partial charge in [-0.15, -0.1) is 0 Å². The first-order valence-electron chi connectivity index (χ1n) is 9.84. The summed E-state index contributed by atoms with van der Waals surface area (Å²) in [5, 5.41) is 6.62. The molecule has 0 aromatic heterocycles. The fourth-order valence-corrected chi connectivity index (χ4v) is 2.49. The van der Waals surface area contributed by atoms with E-state index in [-0.39, 0.29) is 11.7 Å². The molecule has 0 radical (unpaired) electrons. The van der Waals surface area contributed by atoms with E-state index >= 15 is 0 Å². The monoisotopic (exact) mass is 385 g/mol. The van der Waals surface area contributed by atoms with Crippen LogP contribution in [0.1, 0.15) is 41.5 Å². The van der Waals surface area contributed by atoms with Crippen molar-refractivity contribution in [3.05, 3.63) is 0 Å². The van der Waals surface area contributed by atoms with Crippen molar-refractivity contribution in [2.75, 3.05) is 59.5 Å². The largest absolute Gasteiger partial charge is 0.444 e. The molecule has 0 saturated carbocycles. The highest BCUT2D eigenvalue weighted by Gasteiger charge is 2.25. The molecule has 1 aliphatic rings. The molecule has 1 aliphatic heterocycles. The fraction of sp³-hybridized carbons (Fsp3) is 0.895. The fourth-order valence-electron chi connectivity index (χ4n) is 2.49. The van der Waals surface area contributed by atoms with Crippen LogP contribution in [0.25, 0.3) is 0 Å². The van der Waals surface area contributed by atoms with Gasteiger partial charge in [-0.3, -0.25) is 9.89 Å². The topological polar surface area (TPSA) is 78.4 Å². The lowest BCUT2D eigenvalue weighted by Crippen LogP contribution is -2.51. The molecule has 1 heterocycles. The Kier molecular flexibility index (Phi) is 9.32. The van der Waals surface area contributed by atoms with E-state index in [9.17, 15) is 4.79 Å². The molecule has 0 atom stereocenters. The Morgan fingerprint density at radius 3 is 2.22 bits per heavy atom. The van der Waals surface area contributed by atoms with Crippen molar-refractivity contribution in [3.8, 4) is 0 Å². The molecule has 0 aromatic rings. The number of nitrogens with zero attached hydrogens (tertiary/aromatic N) is 3. The Hall–Kier alpha value is -1.54. The van der Waals surface area contributed by atoms with E-state index in [1.807, 2.05) is 34.6 Å². The van der Waals surface area contributed by atoms with Crippen LogP contribution >= 0.6 is 0 Å².